The minimum absolute atomic E-state index is 0.104. The zero-order valence-corrected chi connectivity index (χ0v) is 18.9. The number of anilines is 1. The number of ether oxygens (including phenoxy) is 1. The van der Waals surface area contributed by atoms with E-state index in [9.17, 15) is 4.79 Å². The van der Waals surface area contributed by atoms with E-state index in [0.717, 1.165) is 24.1 Å². The molecule has 1 aromatic heterocycles. The Bertz CT molecular complexity index is 970. The van der Waals surface area contributed by atoms with E-state index in [1.54, 1.807) is 0 Å². The van der Waals surface area contributed by atoms with Crippen molar-refractivity contribution >= 4 is 24.2 Å². The molecule has 0 saturated carbocycles. The van der Waals surface area contributed by atoms with Crippen molar-refractivity contribution in [1.82, 2.24) is 10.3 Å². The first-order valence-corrected chi connectivity index (χ1v) is 11.4. The van der Waals surface area contributed by atoms with Crippen LogP contribution in [0.15, 0.2) is 72.8 Å². The molecule has 3 rings (SSSR count). The van der Waals surface area contributed by atoms with Gasteiger partial charge in [0.05, 0.1) is 11.4 Å². The van der Waals surface area contributed by atoms with Gasteiger partial charge in [-0.05, 0) is 30.5 Å². The van der Waals surface area contributed by atoms with Gasteiger partial charge in [0.1, 0.15) is 0 Å². The Morgan fingerprint density at radius 2 is 1.75 bits per heavy atom. The van der Waals surface area contributed by atoms with E-state index < -0.39 is 0 Å². The molecule has 0 aliphatic carbocycles. The maximum Gasteiger partial charge on any atom is 0.258 e. The van der Waals surface area contributed by atoms with Gasteiger partial charge in [-0.15, -0.1) is 0 Å². The number of carbonyl (C=O) groups is 1. The summed E-state index contributed by atoms with van der Waals surface area (Å²) in [4.78, 5) is 16.9. The molecule has 4 N–H and O–H groups in total. The predicted molar refractivity (Wildman–Crippen MR) is 133 cm³/mol. The number of nitrogens with two attached hydrogens (primary N) is 1. The molecular formula is C25H30N4O2S. The Kier molecular flexibility index (Phi) is 9.40. The van der Waals surface area contributed by atoms with E-state index in [0.29, 0.717) is 30.4 Å². The lowest BCUT2D eigenvalue weighted by atomic mass is 10.1. The SMILES string of the molecule is NC(CS)CNc1ccc(-c2ccccc2)nc1OCC(=O)NCCCc1ccccc1. The number of benzene rings is 2. The van der Waals surface area contributed by atoms with Gasteiger partial charge in [-0.1, -0.05) is 60.7 Å². The second-order valence-electron chi connectivity index (χ2n) is 7.47. The van der Waals surface area contributed by atoms with Gasteiger partial charge in [-0.3, -0.25) is 4.79 Å². The monoisotopic (exact) mass is 450 g/mol. The van der Waals surface area contributed by atoms with E-state index in [1.165, 1.54) is 5.56 Å². The molecule has 1 heterocycles. The largest absolute Gasteiger partial charge is 0.466 e. The summed E-state index contributed by atoms with van der Waals surface area (Å²) in [5, 5.41) is 6.15. The number of thiol groups is 1. The lowest BCUT2D eigenvalue weighted by Gasteiger charge is -2.16. The average molecular weight is 451 g/mol. The number of amides is 1. The molecule has 1 unspecified atom stereocenters. The molecule has 0 aliphatic heterocycles. The number of rotatable bonds is 12. The highest BCUT2D eigenvalue weighted by molar-refractivity contribution is 7.80. The van der Waals surface area contributed by atoms with Crippen LogP contribution in [0.4, 0.5) is 5.69 Å². The molecule has 6 nitrogen and oxygen atoms in total. The number of aromatic nitrogens is 1. The van der Waals surface area contributed by atoms with Crippen LogP contribution in [0.25, 0.3) is 11.3 Å². The molecule has 0 bridgehead atoms. The van der Waals surface area contributed by atoms with E-state index >= 15 is 0 Å². The Labute approximate surface area is 195 Å². The van der Waals surface area contributed by atoms with Crippen LogP contribution in [0.2, 0.25) is 0 Å². The third-order valence-corrected chi connectivity index (χ3v) is 5.34. The van der Waals surface area contributed by atoms with Crippen LogP contribution in [-0.4, -0.2) is 42.4 Å². The topological polar surface area (TPSA) is 89.3 Å². The van der Waals surface area contributed by atoms with Crippen LogP contribution in [0.1, 0.15) is 12.0 Å². The Balaban J connectivity index is 1.57. The Hall–Kier alpha value is -3.03. The van der Waals surface area contributed by atoms with Gasteiger partial charge in [-0.25, -0.2) is 4.98 Å². The quantitative estimate of drug-likeness (QED) is 0.250. The highest BCUT2D eigenvalue weighted by Crippen LogP contribution is 2.27. The number of hydrogen-bond acceptors (Lipinski definition) is 6. The standard InChI is InChI=1S/C25H30N4O2S/c26-21(18-32)16-28-23-14-13-22(20-11-5-2-6-12-20)29-25(23)31-17-24(30)27-15-7-10-19-8-3-1-4-9-19/h1-6,8-9,11-14,21,28,32H,7,10,15-18,26H2,(H,27,30). The Morgan fingerprint density at radius 3 is 2.47 bits per heavy atom. The first kappa shape index (κ1) is 23.6. The molecule has 168 valence electrons. The maximum atomic E-state index is 12.3. The number of pyridine rings is 1. The second kappa shape index (κ2) is 12.7. The van der Waals surface area contributed by atoms with Gasteiger partial charge in [-0.2, -0.15) is 12.6 Å². The molecule has 1 atom stereocenters. The van der Waals surface area contributed by atoms with Crippen molar-refractivity contribution in [2.45, 2.75) is 18.9 Å². The summed E-state index contributed by atoms with van der Waals surface area (Å²) < 4.78 is 5.80. The predicted octanol–water partition coefficient (Wildman–Crippen LogP) is 3.55. The van der Waals surface area contributed by atoms with Crippen LogP contribution < -0.4 is 21.1 Å². The van der Waals surface area contributed by atoms with Gasteiger partial charge in [0.25, 0.3) is 5.91 Å². The summed E-state index contributed by atoms with van der Waals surface area (Å²) in [7, 11) is 0. The van der Waals surface area contributed by atoms with E-state index in [2.05, 4.69) is 40.4 Å². The molecule has 0 aliphatic rings. The van der Waals surface area contributed by atoms with Crippen LogP contribution in [-0.2, 0) is 11.2 Å². The molecule has 3 aromatic rings. The van der Waals surface area contributed by atoms with Crippen molar-refractivity contribution in [2.75, 3.05) is 30.8 Å². The minimum atomic E-state index is -0.178. The van der Waals surface area contributed by atoms with Crippen LogP contribution in [0, 0.1) is 0 Å². The van der Waals surface area contributed by atoms with E-state index in [-0.39, 0.29) is 18.6 Å². The fourth-order valence-electron chi connectivity index (χ4n) is 3.11. The average Bonchev–Trinajstić information content (AvgIpc) is 2.85. The van der Waals surface area contributed by atoms with Crippen molar-refractivity contribution in [1.29, 1.82) is 0 Å². The third-order valence-electron chi connectivity index (χ3n) is 4.87. The van der Waals surface area contributed by atoms with Crippen molar-refractivity contribution < 1.29 is 9.53 Å². The van der Waals surface area contributed by atoms with Crippen molar-refractivity contribution in [3.05, 3.63) is 78.4 Å². The summed E-state index contributed by atoms with van der Waals surface area (Å²) in [6.07, 6.45) is 1.79. The molecule has 0 radical (unpaired) electrons. The minimum Gasteiger partial charge on any atom is -0.466 e. The number of hydrogen-bond donors (Lipinski definition) is 4. The fourth-order valence-corrected chi connectivity index (χ4v) is 3.24. The normalized spacial score (nSPS) is 11.6. The van der Waals surface area contributed by atoms with Crippen molar-refractivity contribution in [3.8, 4) is 17.1 Å². The summed E-state index contributed by atoms with van der Waals surface area (Å²) >= 11 is 4.22. The summed E-state index contributed by atoms with van der Waals surface area (Å²) in [6.45, 7) is 1.01. The van der Waals surface area contributed by atoms with Crippen LogP contribution >= 0.6 is 12.6 Å². The lowest BCUT2D eigenvalue weighted by molar-refractivity contribution is -0.123. The summed E-state index contributed by atoms with van der Waals surface area (Å²) in [6, 6.07) is 23.8. The molecular weight excluding hydrogens is 420 g/mol. The van der Waals surface area contributed by atoms with Gasteiger partial charge in [0.15, 0.2) is 6.61 Å². The van der Waals surface area contributed by atoms with Gasteiger partial charge in [0, 0.05) is 30.4 Å². The van der Waals surface area contributed by atoms with Gasteiger partial charge < -0.3 is 21.1 Å². The Morgan fingerprint density at radius 1 is 1.03 bits per heavy atom. The summed E-state index contributed by atoms with van der Waals surface area (Å²) in [5.41, 5.74) is 9.66. The number of aryl methyl sites for hydroxylation is 1. The number of carbonyl (C=O) groups excluding carboxylic acids is 1. The van der Waals surface area contributed by atoms with Gasteiger partial charge >= 0.3 is 0 Å². The lowest BCUT2D eigenvalue weighted by Crippen LogP contribution is -2.31. The molecule has 2 aromatic carbocycles. The molecule has 0 fully saturated rings. The first-order valence-electron chi connectivity index (χ1n) is 10.8. The number of nitrogens with one attached hydrogen (secondary N) is 2. The highest BCUT2D eigenvalue weighted by Gasteiger charge is 2.12. The van der Waals surface area contributed by atoms with Crippen molar-refractivity contribution in [2.24, 2.45) is 5.73 Å². The highest BCUT2D eigenvalue weighted by atomic mass is 32.1. The first-order chi connectivity index (χ1) is 15.7. The maximum absolute atomic E-state index is 12.3. The third kappa shape index (κ3) is 7.59. The molecule has 7 heteroatoms. The smallest absolute Gasteiger partial charge is 0.258 e. The van der Waals surface area contributed by atoms with Crippen LogP contribution in [0.5, 0.6) is 5.88 Å². The number of nitrogens with zero attached hydrogens (tertiary/aromatic N) is 1. The molecule has 1 amide bonds. The van der Waals surface area contributed by atoms with Crippen molar-refractivity contribution in [3.63, 3.8) is 0 Å². The zero-order valence-electron chi connectivity index (χ0n) is 18.0. The van der Waals surface area contributed by atoms with E-state index in [1.807, 2.05) is 60.7 Å². The zero-order chi connectivity index (χ0) is 22.6. The molecule has 0 spiro atoms. The fraction of sp³-hybridized carbons (Fsp3) is 0.280. The van der Waals surface area contributed by atoms with Gasteiger partial charge in [0.2, 0.25) is 5.88 Å². The van der Waals surface area contributed by atoms with Crippen LogP contribution in [0.3, 0.4) is 0 Å². The second-order valence-corrected chi connectivity index (χ2v) is 7.83. The summed E-state index contributed by atoms with van der Waals surface area (Å²) in [5.74, 6) is 0.754. The molecule has 0 saturated heterocycles. The molecule has 32 heavy (non-hydrogen) atoms. The van der Waals surface area contributed by atoms with E-state index in [4.69, 9.17) is 10.5 Å².